The van der Waals surface area contributed by atoms with E-state index in [1.54, 1.807) is 13.2 Å². The van der Waals surface area contributed by atoms with Crippen LogP contribution in [0.3, 0.4) is 0 Å². The monoisotopic (exact) mass is 676 g/mol. The molecule has 13 heteroatoms. The zero-order valence-electron chi connectivity index (χ0n) is 28.7. The lowest BCUT2D eigenvalue weighted by Crippen LogP contribution is -2.60. The molecule has 6 rings (SSSR count). The van der Waals surface area contributed by atoms with Crippen molar-refractivity contribution in [2.45, 2.75) is 64.2 Å². The zero-order chi connectivity index (χ0) is 34.7. The fourth-order valence-electron chi connectivity index (χ4n) is 7.59. The second-order valence-electron chi connectivity index (χ2n) is 13.0. The van der Waals surface area contributed by atoms with Crippen LogP contribution in [0.1, 0.15) is 51.6 Å². The van der Waals surface area contributed by atoms with Crippen molar-refractivity contribution in [3.8, 4) is 5.75 Å². The molecule has 4 heterocycles. The molecule has 3 atom stereocenters. The Balaban J connectivity index is 1.22. The molecular weight excluding hydrogens is 630 g/mol. The van der Waals surface area contributed by atoms with Gasteiger partial charge in [-0.25, -0.2) is 23.8 Å². The van der Waals surface area contributed by atoms with Crippen LogP contribution in [0.15, 0.2) is 55.4 Å². The van der Waals surface area contributed by atoms with Gasteiger partial charge in [-0.3, -0.25) is 19.4 Å². The van der Waals surface area contributed by atoms with Crippen LogP contribution in [0.2, 0.25) is 0 Å². The number of methoxy groups -OCH3 is 1. The number of ether oxygens (including phenoxy) is 1. The number of rotatable bonds is 10. The molecule has 3 saturated heterocycles. The lowest BCUT2D eigenvalue weighted by molar-refractivity contribution is -0.111. The fourth-order valence-corrected chi connectivity index (χ4v) is 7.59. The molecule has 3 fully saturated rings. The molecular formula is C36H46F2N8O3. The number of carbonyl (C=O) groups is 1. The number of hydrogen-bond acceptors (Lipinski definition) is 10. The number of amides is 1. The van der Waals surface area contributed by atoms with Crippen LogP contribution in [0, 0.1) is 11.6 Å². The van der Waals surface area contributed by atoms with Crippen molar-refractivity contribution in [2.24, 2.45) is 0 Å². The third-order valence-corrected chi connectivity index (χ3v) is 9.94. The van der Waals surface area contributed by atoms with E-state index in [2.05, 4.69) is 62.7 Å². The van der Waals surface area contributed by atoms with Gasteiger partial charge in [0.15, 0.2) is 5.82 Å². The molecule has 262 valence electrons. The summed E-state index contributed by atoms with van der Waals surface area (Å²) < 4.78 is 34.5. The van der Waals surface area contributed by atoms with Crippen LogP contribution < -0.4 is 25.3 Å². The van der Waals surface area contributed by atoms with Gasteiger partial charge in [-0.15, -0.1) is 0 Å². The number of halogens is 2. The molecule has 3 aliphatic rings. The van der Waals surface area contributed by atoms with Gasteiger partial charge >= 0.3 is 0 Å². The molecule has 2 N–H and O–H groups in total. The minimum Gasteiger partial charge on any atom is -0.494 e. The lowest BCUT2D eigenvalue weighted by atomic mass is 9.98. The summed E-state index contributed by atoms with van der Waals surface area (Å²) in [4.78, 5) is 34.7. The summed E-state index contributed by atoms with van der Waals surface area (Å²) in [6, 6.07) is 9.82. The van der Waals surface area contributed by atoms with E-state index in [1.165, 1.54) is 23.5 Å². The molecule has 49 heavy (non-hydrogen) atoms. The molecule has 0 spiro atoms. The van der Waals surface area contributed by atoms with Crippen molar-refractivity contribution in [1.82, 2.24) is 19.8 Å². The topological polar surface area (TPSA) is 98.3 Å². The van der Waals surface area contributed by atoms with Gasteiger partial charge in [0.05, 0.1) is 36.8 Å². The van der Waals surface area contributed by atoms with E-state index in [4.69, 9.17) is 9.57 Å². The van der Waals surface area contributed by atoms with E-state index in [9.17, 15) is 13.6 Å². The van der Waals surface area contributed by atoms with Gasteiger partial charge < -0.3 is 20.3 Å². The van der Waals surface area contributed by atoms with Gasteiger partial charge in [0.1, 0.15) is 29.5 Å². The predicted octanol–water partition coefficient (Wildman–Crippen LogP) is 5.90. The molecule has 0 bridgehead atoms. The maximum atomic E-state index is 14.7. The van der Waals surface area contributed by atoms with E-state index in [0.29, 0.717) is 59.9 Å². The summed E-state index contributed by atoms with van der Waals surface area (Å²) in [5, 5.41) is 7.76. The minimum atomic E-state index is -0.565. The number of aromatic nitrogens is 2. The molecule has 2 aromatic carbocycles. The summed E-state index contributed by atoms with van der Waals surface area (Å²) in [5.74, 6) is -0.0149. The van der Waals surface area contributed by atoms with Crippen LogP contribution in [0.25, 0.3) is 0 Å². The smallest absolute Gasteiger partial charge is 0.247 e. The Hall–Kier alpha value is -4.33. The van der Waals surface area contributed by atoms with E-state index in [1.807, 2.05) is 12.1 Å². The standard InChI is InChI=1S/C36H46F2N8O3/c1-6-36(47)42-29-17-30(41-34-19-35(40-22-39-34)46-31(12-15-49-46)27-16-25(37)8-9-28(27)38)33(48-5)18-32(29)43-13-10-26(11-14-43)44-20-23(3)45(7-2)24(4)21-44/h6,8-9,16-19,22-24,26,31H,1,7,10-15,20-21H2,2-5H3,(H,42,47)(H,39,40,41)/t23-,24+,31-/m1/s1. The largest absolute Gasteiger partial charge is 0.494 e. The Morgan fingerprint density at radius 2 is 1.82 bits per heavy atom. The Labute approximate surface area is 286 Å². The van der Waals surface area contributed by atoms with Crippen LogP contribution >= 0.6 is 0 Å². The SMILES string of the molecule is C=CC(=O)Nc1cc(Nc2cc(N3OCC[C@@H]3c3cc(F)ccc3F)ncn2)c(OC)cc1N1CCC(N2C[C@@H](C)N(CC)[C@@H](C)C2)CC1. The second kappa shape index (κ2) is 15.1. The highest BCUT2D eigenvalue weighted by Gasteiger charge is 2.35. The number of nitrogens with one attached hydrogen (secondary N) is 2. The Morgan fingerprint density at radius 1 is 1.06 bits per heavy atom. The molecule has 3 aromatic rings. The number of anilines is 5. The van der Waals surface area contributed by atoms with Gasteiger partial charge in [-0.2, -0.15) is 0 Å². The first-order valence-corrected chi connectivity index (χ1v) is 17.0. The Kier molecular flexibility index (Phi) is 10.6. The van der Waals surface area contributed by atoms with Crippen molar-refractivity contribution in [2.75, 3.05) is 67.0 Å². The minimum absolute atomic E-state index is 0.192. The molecule has 1 amide bonds. The van der Waals surface area contributed by atoms with Crippen LogP contribution in [0.5, 0.6) is 5.75 Å². The number of benzene rings is 2. The Bertz CT molecular complexity index is 1640. The lowest BCUT2D eigenvalue weighted by Gasteiger charge is -2.48. The first-order valence-electron chi connectivity index (χ1n) is 17.0. The summed E-state index contributed by atoms with van der Waals surface area (Å²) >= 11 is 0. The van der Waals surface area contributed by atoms with Crippen molar-refractivity contribution in [3.05, 3.63) is 72.6 Å². The number of likely N-dealkylation sites (N-methyl/N-ethyl adjacent to an activating group) is 1. The molecule has 0 aliphatic carbocycles. The fraction of sp³-hybridized carbons (Fsp3) is 0.472. The van der Waals surface area contributed by atoms with Crippen molar-refractivity contribution >= 4 is 34.6 Å². The first-order chi connectivity index (χ1) is 23.7. The average molecular weight is 677 g/mol. The van der Waals surface area contributed by atoms with Gasteiger partial charge in [0.25, 0.3) is 0 Å². The molecule has 0 unspecified atom stereocenters. The third-order valence-electron chi connectivity index (χ3n) is 9.94. The summed E-state index contributed by atoms with van der Waals surface area (Å²) in [7, 11) is 1.60. The van der Waals surface area contributed by atoms with Crippen LogP contribution in [-0.2, 0) is 9.63 Å². The molecule has 3 aliphatic heterocycles. The van der Waals surface area contributed by atoms with E-state index in [0.717, 1.165) is 63.4 Å². The maximum absolute atomic E-state index is 14.7. The highest BCUT2D eigenvalue weighted by molar-refractivity contribution is 6.02. The van der Waals surface area contributed by atoms with Gasteiger partial charge in [-0.1, -0.05) is 13.5 Å². The molecule has 1 aromatic heterocycles. The summed E-state index contributed by atoms with van der Waals surface area (Å²) in [5.41, 5.74) is 2.24. The third kappa shape index (κ3) is 7.48. The Morgan fingerprint density at radius 3 is 2.51 bits per heavy atom. The molecule has 11 nitrogen and oxygen atoms in total. The van der Waals surface area contributed by atoms with Crippen LogP contribution in [-0.4, -0.2) is 90.2 Å². The van der Waals surface area contributed by atoms with Crippen molar-refractivity contribution < 1.29 is 23.1 Å². The molecule has 0 radical (unpaired) electrons. The van der Waals surface area contributed by atoms with E-state index >= 15 is 0 Å². The van der Waals surface area contributed by atoms with Gasteiger partial charge in [-0.05, 0) is 63.6 Å². The first kappa shape index (κ1) is 34.5. The predicted molar refractivity (Wildman–Crippen MR) is 187 cm³/mol. The normalized spacial score (nSPS) is 22.3. The van der Waals surface area contributed by atoms with Gasteiger partial charge in [0.2, 0.25) is 5.91 Å². The quantitative estimate of drug-likeness (QED) is 0.253. The average Bonchev–Trinajstić information content (AvgIpc) is 3.59. The number of carbonyl (C=O) groups excluding carboxylic acids is 1. The maximum Gasteiger partial charge on any atom is 0.247 e. The summed E-state index contributed by atoms with van der Waals surface area (Å²) in [6.07, 6.45) is 5.11. The second-order valence-corrected chi connectivity index (χ2v) is 13.0. The number of piperidine rings is 1. The van der Waals surface area contributed by atoms with E-state index in [-0.39, 0.29) is 11.5 Å². The van der Waals surface area contributed by atoms with Crippen molar-refractivity contribution in [1.29, 1.82) is 0 Å². The van der Waals surface area contributed by atoms with Crippen molar-refractivity contribution in [3.63, 3.8) is 0 Å². The van der Waals surface area contributed by atoms with E-state index < -0.39 is 17.7 Å². The number of hydrogen-bond donors (Lipinski definition) is 2. The van der Waals surface area contributed by atoms with Crippen LogP contribution in [0.4, 0.5) is 37.5 Å². The highest BCUT2D eigenvalue weighted by Crippen LogP contribution is 2.41. The highest BCUT2D eigenvalue weighted by atomic mass is 19.1. The number of nitrogens with zero attached hydrogens (tertiary/aromatic N) is 6. The van der Waals surface area contributed by atoms with Gasteiger partial charge in [0, 0.05) is 68.4 Å². The zero-order valence-corrected chi connectivity index (χ0v) is 28.7. The number of hydroxylamine groups is 1. The molecule has 0 saturated carbocycles. The summed E-state index contributed by atoms with van der Waals surface area (Å²) in [6.45, 7) is 15.8. The number of piperazine rings is 1.